The average Bonchev–Trinajstić information content (AvgIpc) is 2.36. The van der Waals surface area contributed by atoms with Crippen molar-refractivity contribution >= 4 is 11.7 Å². The number of pyridine rings is 1. The lowest BCUT2D eigenvalue weighted by molar-refractivity contribution is -0.0167. The first-order valence-electron chi connectivity index (χ1n) is 7.67. The summed E-state index contributed by atoms with van der Waals surface area (Å²) in [5.41, 5.74) is 6.15. The fourth-order valence-electron chi connectivity index (χ4n) is 5.15. The number of nitrogen functional groups attached to an aromatic ring is 1. The Labute approximate surface area is 119 Å². The Hall–Kier alpha value is -1.58. The highest BCUT2D eigenvalue weighted by molar-refractivity contribution is 5.93. The van der Waals surface area contributed by atoms with Gasteiger partial charge in [0.1, 0.15) is 11.5 Å². The van der Waals surface area contributed by atoms with Crippen LogP contribution in [-0.4, -0.2) is 16.4 Å². The van der Waals surface area contributed by atoms with E-state index < -0.39 is 0 Å². The molecular formula is C16H21N3O. The summed E-state index contributed by atoms with van der Waals surface area (Å²) in [5, 5.41) is 3.31. The summed E-state index contributed by atoms with van der Waals surface area (Å²) < 4.78 is 0. The number of carbonyl (C=O) groups excluding carboxylic acids is 1. The van der Waals surface area contributed by atoms with Gasteiger partial charge in [-0.25, -0.2) is 4.98 Å². The number of amides is 1. The maximum atomic E-state index is 12.5. The molecule has 5 rings (SSSR count). The van der Waals surface area contributed by atoms with Crippen molar-refractivity contribution in [2.75, 3.05) is 5.73 Å². The summed E-state index contributed by atoms with van der Waals surface area (Å²) in [7, 11) is 0. The summed E-state index contributed by atoms with van der Waals surface area (Å²) in [6, 6.07) is 5.24. The number of rotatable bonds is 2. The summed E-state index contributed by atoms with van der Waals surface area (Å²) in [6.45, 7) is 0. The third-order valence-corrected chi connectivity index (χ3v) is 5.42. The minimum Gasteiger partial charge on any atom is -0.384 e. The summed E-state index contributed by atoms with van der Waals surface area (Å²) in [5.74, 6) is 2.84. The van der Waals surface area contributed by atoms with Crippen LogP contribution in [0.1, 0.15) is 49.0 Å². The predicted molar refractivity (Wildman–Crippen MR) is 77.0 cm³/mol. The van der Waals surface area contributed by atoms with Crippen molar-refractivity contribution in [3.8, 4) is 0 Å². The van der Waals surface area contributed by atoms with Crippen LogP contribution >= 0.6 is 0 Å². The third kappa shape index (κ3) is 1.98. The highest BCUT2D eigenvalue weighted by Crippen LogP contribution is 2.55. The second-order valence-corrected chi connectivity index (χ2v) is 7.10. The number of hydrogen-bond acceptors (Lipinski definition) is 3. The average molecular weight is 271 g/mol. The van der Waals surface area contributed by atoms with E-state index in [1.54, 1.807) is 18.2 Å². The molecule has 0 aliphatic heterocycles. The van der Waals surface area contributed by atoms with Crippen molar-refractivity contribution in [2.24, 2.45) is 17.8 Å². The van der Waals surface area contributed by atoms with Gasteiger partial charge in [0.2, 0.25) is 0 Å². The second-order valence-electron chi connectivity index (χ2n) is 7.10. The number of nitrogens with one attached hydrogen (secondary N) is 1. The molecule has 4 saturated carbocycles. The maximum Gasteiger partial charge on any atom is 0.270 e. The smallest absolute Gasteiger partial charge is 0.270 e. The molecular weight excluding hydrogens is 250 g/mol. The van der Waals surface area contributed by atoms with E-state index in [-0.39, 0.29) is 11.4 Å². The van der Waals surface area contributed by atoms with Crippen LogP contribution < -0.4 is 11.1 Å². The van der Waals surface area contributed by atoms with Crippen LogP contribution in [0.5, 0.6) is 0 Å². The van der Waals surface area contributed by atoms with Gasteiger partial charge in [-0.05, 0) is 68.4 Å². The largest absolute Gasteiger partial charge is 0.384 e. The zero-order chi connectivity index (χ0) is 13.7. The quantitative estimate of drug-likeness (QED) is 0.867. The summed E-state index contributed by atoms with van der Waals surface area (Å²) in [6.07, 6.45) is 7.62. The molecule has 1 heterocycles. The Morgan fingerprint density at radius 3 is 2.30 bits per heavy atom. The van der Waals surface area contributed by atoms with E-state index in [0.29, 0.717) is 11.5 Å². The Kier molecular flexibility index (Phi) is 2.56. The van der Waals surface area contributed by atoms with Gasteiger partial charge in [-0.3, -0.25) is 4.79 Å². The topological polar surface area (TPSA) is 68.0 Å². The van der Waals surface area contributed by atoms with Gasteiger partial charge >= 0.3 is 0 Å². The molecule has 0 radical (unpaired) electrons. The highest BCUT2D eigenvalue weighted by Gasteiger charge is 2.51. The molecule has 1 aromatic heterocycles. The number of aromatic nitrogens is 1. The first kappa shape index (κ1) is 12.2. The van der Waals surface area contributed by atoms with Crippen LogP contribution in [0.2, 0.25) is 0 Å². The van der Waals surface area contributed by atoms with Crippen LogP contribution in [0.25, 0.3) is 0 Å². The molecule has 20 heavy (non-hydrogen) atoms. The summed E-state index contributed by atoms with van der Waals surface area (Å²) >= 11 is 0. The van der Waals surface area contributed by atoms with Gasteiger partial charge in [0, 0.05) is 5.54 Å². The van der Waals surface area contributed by atoms with Crippen LogP contribution in [-0.2, 0) is 0 Å². The highest BCUT2D eigenvalue weighted by atomic mass is 16.2. The van der Waals surface area contributed by atoms with Crippen LogP contribution in [0, 0.1) is 17.8 Å². The van der Waals surface area contributed by atoms with Gasteiger partial charge in [0.25, 0.3) is 5.91 Å². The van der Waals surface area contributed by atoms with Gasteiger partial charge in [-0.2, -0.15) is 0 Å². The molecule has 4 aliphatic carbocycles. The second kappa shape index (κ2) is 4.21. The van der Waals surface area contributed by atoms with E-state index >= 15 is 0 Å². The molecule has 4 fully saturated rings. The van der Waals surface area contributed by atoms with Crippen molar-refractivity contribution in [2.45, 2.75) is 44.1 Å². The van der Waals surface area contributed by atoms with E-state index in [4.69, 9.17) is 5.73 Å². The van der Waals surface area contributed by atoms with Crippen molar-refractivity contribution in [1.82, 2.24) is 10.3 Å². The molecule has 1 amide bonds. The lowest BCUT2D eigenvalue weighted by atomic mass is 9.53. The molecule has 4 heteroatoms. The molecule has 4 nitrogen and oxygen atoms in total. The van der Waals surface area contributed by atoms with Gasteiger partial charge < -0.3 is 11.1 Å². The van der Waals surface area contributed by atoms with Crippen LogP contribution in [0.15, 0.2) is 18.2 Å². The van der Waals surface area contributed by atoms with Gasteiger partial charge in [0.05, 0.1) is 0 Å². The van der Waals surface area contributed by atoms with Crippen molar-refractivity contribution in [3.05, 3.63) is 23.9 Å². The third-order valence-electron chi connectivity index (χ3n) is 5.42. The van der Waals surface area contributed by atoms with E-state index in [1.807, 2.05) is 0 Å². The zero-order valence-electron chi connectivity index (χ0n) is 11.6. The Morgan fingerprint density at radius 1 is 1.15 bits per heavy atom. The monoisotopic (exact) mass is 271 g/mol. The molecule has 0 atom stereocenters. The number of nitrogens with two attached hydrogens (primary N) is 1. The molecule has 0 aromatic carbocycles. The van der Waals surface area contributed by atoms with Crippen LogP contribution in [0.4, 0.5) is 5.82 Å². The molecule has 4 bridgehead atoms. The minimum absolute atomic E-state index is 0.0398. The van der Waals surface area contributed by atoms with Crippen molar-refractivity contribution in [3.63, 3.8) is 0 Å². The van der Waals surface area contributed by atoms with Crippen molar-refractivity contribution < 1.29 is 4.79 Å². The molecule has 1 aromatic rings. The SMILES string of the molecule is Nc1cccc(C(=O)NC23CC4CC(CC(C4)C2)C3)n1. The summed E-state index contributed by atoms with van der Waals surface area (Å²) in [4.78, 5) is 16.6. The van der Waals surface area contributed by atoms with E-state index in [1.165, 1.54) is 19.3 Å². The molecule has 0 unspecified atom stereocenters. The Bertz CT molecular complexity index is 519. The minimum atomic E-state index is -0.0562. The van der Waals surface area contributed by atoms with Crippen molar-refractivity contribution in [1.29, 1.82) is 0 Å². The lowest BCUT2D eigenvalue weighted by Crippen LogP contribution is -2.59. The Morgan fingerprint density at radius 2 is 1.75 bits per heavy atom. The number of hydrogen-bond donors (Lipinski definition) is 2. The van der Waals surface area contributed by atoms with Crippen LogP contribution in [0.3, 0.4) is 0 Å². The van der Waals surface area contributed by atoms with E-state index in [9.17, 15) is 4.79 Å². The molecule has 0 spiro atoms. The number of anilines is 1. The van der Waals surface area contributed by atoms with E-state index in [2.05, 4.69) is 10.3 Å². The zero-order valence-corrected chi connectivity index (χ0v) is 11.6. The van der Waals surface area contributed by atoms with Gasteiger partial charge in [-0.15, -0.1) is 0 Å². The van der Waals surface area contributed by atoms with Gasteiger partial charge in [0.15, 0.2) is 0 Å². The first-order valence-corrected chi connectivity index (χ1v) is 7.67. The standard InChI is InChI=1S/C16H21N3O/c17-14-3-1-2-13(18-14)15(20)19-16-7-10-4-11(8-16)6-12(5-10)9-16/h1-3,10-12H,4-9H2,(H2,17,18)(H,19,20). The molecule has 3 N–H and O–H groups in total. The molecule has 0 saturated heterocycles. The maximum absolute atomic E-state index is 12.5. The fraction of sp³-hybridized carbons (Fsp3) is 0.625. The molecule has 4 aliphatic rings. The number of nitrogens with zero attached hydrogens (tertiary/aromatic N) is 1. The first-order chi connectivity index (χ1) is 9.62. The lowest BCUT2D eigenvalue weighted by Gasteiger charge is -2.56. The normalized spacial score (nSPS) is 37.9. The Balaban J connectivity index is 1.55. The number of carbonyl (C=O) groups is 1. The molecule has 106 valence electrons. The predicted octanol–water partition coefficient (Wildman–Crippen LogP) is 2.36. The fourth-order valence-corrected chi connectivity index (χ4v) is 5.15. The van der Waals surface area contributed by atoms with Gasteiger partial charge in [-0.1, -0.05) is 6.07 Å². The van der Waals surface area contributed by atoms with E-state index in [0.717, 1.165) is 37.0 Å².